The molecule has 0 unspecified atom stereocenters. The van der Waals surface area contributed by atoms with E-state index < -0.39 is 17.7 Å². The molecule has 6 heteroatoms. The molecule has 5 nitrogen and oxygen atoms in total. The summed E-state index contributed by atoms with van der Waals surface area (Å²) in [6, 6.07) is 14.9. The second kappa shape index (κ2) is 7.33. The van der Waals surface area contributed by atoms with Gasteiger partial charge in [-0.05, 0) is 29.8 Å². The van der Waals surface area contributed by atoms with Crippen molar-refractivity contribution in [1.29, 1.82) is 0 Å². The summed E-state index contributed by atoms with van der Waals surface area (Å²) < 4.78 is 17.1. The second-order valence-corrected chi connectivity index (χ2v) is 7.11. The number of hydrogen-bond donors (Lipinski definition) is 0. The number of esters is 2. The van der Waals surface area contributed by atoms with Crippen LogP contribution in [0.1, 0.15) is 25.0 Å². The highest BCUT2D eigenvalue weighted by atomic mass is 79.9. The Bertz CT molecular complexity index is 863. The minimum atomic E-state index is -1.26. The van der Waals surface area contributed by atoms with Crippen molar-refractivity contribution < 1.29 is 23.8 Å². The van der Waals surface area contributed by atoms with E-state index in [0.29, 0.717) is 17.9 Å². The van der Waals surface area contributed by atoms with E-state index in [2.05, 4.69) is 15.9 Å². The number of hydrogen-bond acceptors (Lipinski definition) is 5. The van der Waals surface area contributed by atoms with Crippen LogP contribution in [0.15, 0.2) is 58.6 Å². The molecule has 0 atom stereocenters. The molecule has 1 aliphatic heterocycles. The van der Waals surface area contributed by atoms with Gasteiger partial charge in [0.1, 0.15) is 17.9 Å². The molecule has 1 aliphatic rings. The zero-order valence-corrected chi connectivity index (χ0v) is 15.9. The molecule has 0 amide bonds. The Morgan fingerprint density at radius 2 is 1.73 bits per heavy atom. The molecule has 0 aliphatic carbocycles. The summed E-state index contributed by atoms with van der Waals surface area (Å²) in [7, 11) is 0. The van der Waals surface area contributed by atoms with Gasteiger partial charge in [-0.3, -0.25) is 0 Å². The summed E-state index contributed by atoms with van der Waals surface area (Å²) in [5.41, 5.74) is 1.41. The van der Waals surface area contributed by atoms with Crippen molar-refractivity contribution in [2.24, 2.45) is 0 Å². The molecular weight excluding hydrogens is 400 g/mol. The predicted octanol–water partition coefficient (Wildman–Crippen LogP) is 4.25. The van der Waals surface area contributed by atoms with Gasteiger partial charge in [-0.1, -0.05) is 46.3 Å². The summed E-state index contributed by atoms with van der Waals surface area (Å²) in [5.74, 6) is -2.14. The Kier molecular flexibility index (Phi) is 5.13. The van der Waals surface area contributed by atoms with Gasteiger partial charge in [0.05, 0.1) is 0 Å². The fourth-order valence-corrected chi connectivity index (χ4v) is 2.90. The monoisotopic (exact) mass is 416 g/mol. The number of para-hydroxylation sites is 1. The molecule has 3 rings (SSSR count). The van der Waals surface area contributed by atoms with E-state index in [1.165, 1.54) is 19.9 Å². The first-order valence-corrected chi connectivity index (χ1v) is 8.78. The molecule has 0 N–H and O–H groups in total. The van der Waals surface area contributed by atoms with Crippen LogP contribution in [0.4, 0.5) is 0 Å². The van der Waals surface area contributed by atoms with Gasteiger partial charge in [-0.25, -0.2) is 9.59 Å². The predicted molar refractivity (Wildman–Crippen MR) is 99.2 cm³/mol. The van der Waals surface area contributed by atoms with Crippen molar-refractivity contribution in [3.05, 3.63) is 69.7 Å². The van der Waals surface area contributed by atoms with Gasteiger partial charge >= 0.3 is 11.9 Å². The third-order valence-corrected chi connectivity index (χ3v) is 4.11. The highest BCUT2D eigenvalue weighted by Crippen LogP contribution is 2.27. The molecule has 0 radical (unpaired) electrons. The van der Waals surface area contributed by atoms with Gasteiger partial charge in [0.15, 0.2) is 0 Å². The van der Waals surface area contributed by atoms with Crippen LogP contribution in [0.3, 0.4) is 0 Å². The Hall–Kier alpha value is -2.60. The summed E-state index contributed by atoms with van der Waals surface area (Å²) in [6.07, 6.45) is 1.43. The number of cyclic esters (lactones) is 2. The summed E-state index contributed by atoms with van der Waals surface area (Å²) in [5, 5.41) is 0. The number of halogens is 1. The van der Waals surface area contributed by atoms with E-state index in [0.717, 1.165) is 10.0 Å². The van der Waals surface area contributed by atoms with E-state index in [-0.39, 0.29) is 5.57 Å². The SMILES string of the molecule is CC1(C)OC(=O)C(=Cc2ccccc2OCc2cccc(Br)c2)C(=O)O1. The fraction of sp³-hybridized carbons (Fsp3) is 0.200. The van der Waals surface area contributed by atoms with Crippen LogP contribution in [0.2, 0.25) is 0 Å². The largest absolute Gasteiger partial charge is 0.488 e. The molecule has 1 heterocycles. The van der Waals surface area contributed by atoms with Gasteiger partial charge in [0.2, 0.25) is 0 Å². The van der Waals surface area contributed by atoms with Crippen LogP contribution >= 0.6 is 15.9 Å². The van der Waals surface area contributed by atoms with E-state index in [4.69, 9.17) is 14.2 Å². The number of ether oxygens (including phenoxy) is 3. The molecule has 2 aromatic carbocycles. The number of benzene rings is 2. The normalized spacial score (nSPS) is 15.9. The van der Waals surface area contributed by atoms with Crippen molar-refractivity contribution in [3.63, 3.8) is 0 Å². The minimum absolute atomic E-state index is 0.164. The average molecular weight is 417 g/mol. The maximum atomic E-state index is 12.1. The third-order valence-electron chi connectivity index (χ3n) is 3.62. The van der Waals surface area contributed by atoms with Gasteiger partial charge in [-0.15, -0.1) is 0 Å². The average Bonchev–Trinajstić information content (AvgIpc) is 2.56. The maximum absolute atomic E-state index is 12.1. The van der Waals surface area contributed by atoms with Gasteiger partial charge in [-0.2, -0.15) is 0 Å². The van der Waals surface area contributed by atoms with Crippen LogP contribution in [0.25, 0.3) is 6.08 Å². The third kappa shape index (κ3) is 4.32. The first kappa shape index (κ1) is 18.2. The highest BCUT2D eigenvalue weighted by Gasteiger charge is 2.38. The van der Waals surface area contributed by atoms with Crippen LogP contribution in [0, 0.1) is 0 Å². The lowest BCUT2D eigenvalue weighted by molar-refractivity contribution is -0.222. The van der Waals surface area contributed by atoms with Crippen LogP contribution < -0.4 is 4.74 Å². The number of rotatable bonds is 4. The van der Waals surface area contributed by atoms with Gasteiger partial charge < -0.3 is 14.2 Å². The lowest BCUT2D eigenvalue weighted by Crippen LogP contribution is -2.41. The quantitative estimate of drug-likeness (QED) is 0.423. The van der Waals surface area contributed by atoms with Crippen LogP contribution in [0.5, 0.6) is 5.75 Å². The molecule has 0 spiro atoms. The first-order valence-electron chi connectivity index (χ1n) is 7.99. The Morgan fingerprint density at radius 1 is 1.04 bits per heavy atom. The van der Waals surface area contributed by atoms with Crippen molar-refractivity contribution >= 4 is 33.9 Å². The highest BCUT2D eigenvalue weighted by molar-refractivity contribution is 9.10. The molecular formula is C20H17BrO5. The zero-order valence-electron chi connectivity index (χ0n) is 14.3. The molecule has 134 valence electrons. The molecule has 2 aromatic rings. The second-order valence-electron chi connectivity index (χ2n) is 6.19. The molecule has 26 heavy (non-hydrogen) atoms. The van der Waals surface area contributed by atoms with E-state index in [1.54, 1.807) is 18.2 Å². The maximum Gasteiger partial charge on any atom is 0.348 e. The van der Waals surface area contributed by atoms with Crippen molar-refractivity contribution in [2.45, 2.75) is 26.2 Å². The molecule has 0 saturated carbocycles. The standard InChI is InChI=1S/C20H17BrO5/c1-20(2)25-18(22)16(19(23)26-20)11-14-7-3-4-9-17(14)24-12-13-6-5-8-15(21)10-13/h3-11H,12H2,1-2H3. The van der Waals surface area contributed by atoms with E-state index >= 15 is 0 Å². The zero-order chi connectivity index (χ0) is 18.7. The van der Waals surface area contributed by atoms with Crippen LogP contribution in [-0.4, -0.2) is 17.7 Å². The fourth-order valence-electron chi connectivity index (χ4n) is 2.45. The molecule has 0 aromatic heterocycles. The lowest BCUT2D eigenvalue weighted by atomic mass is 10.1. The number of carbonyl (C=O) groups excluding carboxylic acids is 2. The van der Waals surface area contributed by atoms with Crippen LogP contribution in [-0.2, 0) is 25.7 Å². The number of carbonyl (C=O) groups is 2. The smallest absolute Gasteiger partial charge is 0.348 e. The summed E-state index contributed by atoms with van der Waals surface area (Å²) >= 11 is 3.42. The van der Waals surface area contributed by atoms with Crippen molar-refractivity contribution in [2.75, 3.05) is 0 Å². The van der Waals surface area contributed by atoms with Crippen molar-refractivity contribution in [1.82, 2.24) is 0 Å². The Balaban J connectivity index is 1.83. The van der Waals surface area contributed by atoms with Crippen molar-refractivity contribution in [3.8, 4) is 5.75 Å². The Labute approximate surface area is 159 Å². The Morgan fingerprint density at radius 3 is 2.42 bits per heavy atom. The van der Waals surface area contributed by atoms with Gasteiger partial charge in [0.25, 0.3) is 5.79 Å². The summed E-state index contributed by atoms with van der Waals surface area (Å²) in [6.45, 7) is 3.37. The van der Waals surface area contributed by atoms with Gasteiger partial charge in [0, 0.05) is 23.9 Å². The molecule has 1 saturated heterocycles. The molecule has 1 fully saturated rings. The topological polar surface area (TPSA) is 61.8 Å². The first-order chi connectivity index (χ1) is 12.3. The molecule has 0 bridgehead atoms. The minimum Gasteiger partial charge on any atom is -0.488 e. The van der Waals surface area contributed by atoms with E-state index in [9.17, 15) is 9.59 Å². The van der Waals surface area contributed by atoms with E-state index in [1.807, 2.05) is 30.3 Å². The summed E-state index contributed by atoms with van der Waals surface area (Å²) in [4.78, 5) is 24.2. The lowest BCUT2D eigenvalue weighted by Gasteiger charge is -2.29.